The number of unbranched alkanes of at least 4 members (excludes halogenated alkanes) is 1. The second-order valence-corrected chi connectivity index (χ2v) is 9.55. The summed E-state index contributed by atoms with van der Waals surface area (Å²) >= 11 is 0. The number of amides is 1. The van der Waals surface area contributed by atoms with E-state index in [-0.39, 0.29) is 11.9 Å². The van der Waals surface area contributed by atoms with Crippen LogP contribution < -0.4 is 5.32 Å². The van der Waals surface area contributed by atoms with Crippen LogP contribution in [0, 0.1) is 17.2 Å². The maximum atomic E-state index is 13.2. The predicted octanol–water partition coefficient (Wildman–Crippen LogP) is 4.85. The normalized spacial score (nSPS) is 32.0. The molecule has 1 amide bonds. The molecule has 3 rings (SSSR count). The first-order chi connectivity index (χ1) is 13.5. The quantitative estimate of drug-likeness (QED) is 0.552. The zero-order chi connectivity index (χ0) is 20.0. The molecule has 0 unspecified atom stereocenters. The van der Waals surface area contributed by atoms with Crippen LogP contribution in [0.5, 0.6) is 0 Å². The topological polar surface area (TPSA) is 65.4 Å². The first-order valence-corrected chi connectivity index (χ1v) is 11.8. The Morgan fingerprint density at radius 1 is 1.14 bits per heavy atom. The lowest BCUT2D eigenvalue weighted by atomic mass is 9.74. The molecule has 1 aliphatic heterocycles. The van der Waals surface area contributed by atoms with Gasteiger partial charge in [0.15, 0.2) is 5.96 Å². The van der Waals surface area contributed by atoms with Crippen molar-refractivity contribution < 1.29 is 9.53 Å². The van der Waals surface area contributed by atoms with Gasteiger partial charge in [0.05, 0.1) is 6.10 Å². The number of carbonyl (C=O) groups is 1. The molecule has 3 atom stereocenters. The number of carbonyl (C=O) groups excluding carboxylic acids is 1. The molecule has 160 valence electrons. The maximum absolute atomic E-state index is 13.2. The number of guanidine groups is 1. The van der Waals surface area contributed by atoms with Gasteiger partial charge in [-0.25, -0.2) is 0 Å². The fourth-order valence-electron chi connectivity index (χ4n) is 5.59. The number of likely N-dealkylation sites (N-methyl/N-ethyl adjacent to an activating group) is 1. The smallest absolute Gasteiger partial charge is 0.254 e. The van der Waals surface area contributed by atoms with Gasteiger partial charge in [-0.1, -0.05) is 58.3 Å². The van der Waals surface area contributed by atoms with Crippen LogP contribution in [0.3, 0.4) is 0 Å². The van der Waals surface area contributed by atoms with Gasteiger partial charge in [0.25, 0.3) is 5.91 Å². The Bertz CT molecular complexity index is 532. The minimum absolute atomic E-state index is 0.113. The lowest BCUT2D eigenvalue weighted by molar-refractivity contribution is -0.131. The third-order valence-corrected chi connectivity index (χ3v) is 7.33. The van der Waals surface area contributed by atoms with Crippen molar-refractivity contribution in [3.63, 3.8) is 0 Å². The second kappa shape index (κ2) is 10.1. The van der Waals surface area contributed by atoms with Crippen LogP contribution in [0.4, 0.5) is 0 Å². The van der Waals surface area contributed by atoms with Crippen molar-refractivity contribution in [2.24, 2.45) is 11.8 Å². The Labute approximate surface area is 171 Å². The average Bonchev–Trinajstić information content (AvgIpc) is 2.92. The van der Waals surface area contributed by atoms with Crippen molar-refractivity contribution in [1.29, 1.82) is 5.41 Å². The lowest BCUT2D eigenvalue weighted by Gasteiger charge is -2.36. The predicted molar refractivity (Wildman–Crippen MR) is 113 cm³/mol. The number of hydrogen-bond donors (Lipinski definition) is 2. The second-order valence-electron chi connectivity index (χ2n) is 9.55. The first-order valence-electron chi connectivity index (χ1n) is 11.8. The molecule has 3 aliphatic rings. The molecule has 3 fully saturated rings. The highest BCUT2D eigenvalue weighted by Crippen LogP contribution is 2.38. The molecule has 0 radical (unpaired) electrons. The molecule has 2 N–H and O–H groups in total. The van der Waals surface area contributed by atoms with Crippen molar-refractivity contribution in [3.8, 4) is 0 Å². The number of nitrogens with zero attached hydrogens (tertiary/aromatic N) is 1. The fraction of sp³-hybridized carbons (Fsp3) is 0.913. The number of nitrogens with one attached hydrogen (secondary N) is 2. The molecule has 5 heteroatoms. The zero-order valence-electron chi connectivity index (χ0n) is 18.1. The Morgan fingerprint density at radius 2 is 1.89 bits per heavy atom. The third kappa shape index (κ3) is 5.28. The van der Waals surface area contributed by atoms with Gasteiger partial charge >= 0.3 is 0 Å². The van der Waals surface area contributed by atoms with E-state index in [0.717, 1.165) is 51.0 Å². The SMILES string of the molecule is CCCCO[C@H]1CCC[C@H](C[C@@]2(CCC3CCCCC3)NC(=N)N(C)C2=O)C1. The molecule has 1 heterocycles. The summed E-state index contributed by atoms with van der Waals surface area (Å²) in [5, 5.41) is 11.5. The van der Waals surface area contributed by atoms with Crippen molar-refractivity contribution in [3.05, 3.63) is 0 Å². The van der Waals surface area contributed by atoms with E-state index in [1.165, 1.54) is 56.3 Å². The summed E-state index contributed by atoms with van der Waals surface area (Å²) in [5.74, 6) is 1.67. The van der Waals surface area contributed by atoms with Crippen LogP contribution in [0.2, 0.25) is 0 Å². The van der Waals surface area contributed by atoms with Crippen LogP contribution in [-0.4, -0.2) is 42.1 Å². The maximum Gasteiger partial charge on any atom is 0.254 e. The van der Waals surface area contributed by atoms with Gasteiger partial charge < -0.3 is 10.1 Å². The van der Waals surface area contributed by atoms with E-state index >= 15 is 0 Å². The van der Waals surface area contributed by atoms with Gasteiger partial charge in [-0.15, -0.1) is 0 Å². The average molecular weight is 392 g/mol. The van der Waals surface area contributed by atoms with E-state index in [2.05, 4.69) is 12.2 Å². The van der Waals surface area contributed by atoms with Crippen molar-refractivity contribution in [2.45, 2.75) is 108 Å². The third-order valence-electron chi connectivity index (χ3n) is 7.33. The van der Waals surface area contributed by atoms with E-state index in [1.54, 1.807) is 7.05 Å². The molecule has 2 saturated carbocycles. The molecular formula is C23H41N3O2. The molecule has 28 heavy (non-hydrogen) atoms. The molecule has 0 aromatic carbocycles. The standard InChI is InChI=1S/C23H41N3O2/c1-3-4-15-28-20-12-8-11-19(16-20)17-23(21(27)26(2)22(24)25-23)14-13-18-9-6-5-7-10-18/h18-20H,3-17H2,1-2H3,(H2,24,25)/t19-,20-,23+/m0/s1. The summed E-state index contributed by atoms with van der Waals surface area (Å²) in [7, 11) is 1.75. The Balaban J connectivity index is 1.62. The molecule has 0 aromatic rings. The summed E-state index contributed by atoms with van der Waals surface area (Å²) in [5.41, 5.74) is -0.556. The highest BCUT2D eigenvalue weighted by atomic mass is 16.5. The van der Waals surface area contributed by atoms with Crippen molar-refractivity contribution >= 4 is 11.9 Å². The van der Waals surface area contributed by atoms with Crippen LogP contribution >= 0.6 is 0 Å². The van der Waals surface area contributed by atoms with E-state index in [4.69, 9.17) is 10.1 Å². The molecule has 1 saturated heterocycles. The van der Waals surface area contributed by atoms with Gasteiger partial charge in [-0.05, 0) is 50.4 Å². The van der Waals surface area contributed by atoms with Crippen molar-refractivity contribution in [1.82, 2.24) is 10.2 Å². The van der Waals surface area contributed by atoms with E-state index in [9.17, 15) is 4.79 Å². The van der Waals surface area contributed by atoms with E-state index in [0.29, 0.717) is 12.0 Å². The lowest BCUT2D eigenvalue weighted by Crippen LogP contribution is -2.49. The first kappa shape index (κ1) is 21.6. The molecule has 2 aliphatic carbocycles. The van der Waals surface area contributed by atoms with Crippen LogP contribution in [-0.2, 0) is 9.53 Å². The minimum atomic E-state index is -0.556. The highest BCUT2D eigenvalue weighted by molar-refractivity contribution is 6.07. The van der Waals surface area contributed by atoms with E-state index < -0.39 is 5.54 Å². The fourth-order valence-corrected chi connectivity index (χ4v) is 5.59. The summed E-state index contributed by atoms with van der Waals surface area (Å²) in [6.45, 7) is 3.07. The molecular weight excluding hydrogens is 350 g/mol. The molecule has 5 nitrogen and oxygen atoms in total. The summed E-state index contributed by atoms with van der Waals surface area (Å²) in [6, 6.07) is 0. The Morgan fingerprint density at radius 3 is 2.57 bits per heavy atom. The monoisotopic (exact) mass is 391 g/mol. The zero-order valence-corrected chi connectivity index (χ0v) is 18.1. The molecule has 0 aromatic heterocycles. The number of hydrogen-bond acceptors (Lipinski definition) is 3. The van der Waals surface area contributed by atoms with Crippen LogP contribution in [0.25, 0.3) is 0 Å². The van der Waals surface area contributed by atoms with Crippen LogP contribution in [0.15, 0.2) is 0 Å². The van der Waals surface area contributed by atoms with E-state index in [1.807, 2.05) is 0 Å². The number of rotatable bonds is 9. The Kier molecular flexibility index (Phi) is 7.78. The Hall–Kier alpha value is -1.10. The minimum Gasteiger partial charge on any atom is -0.378 e. The highest BCUT2D eigenvalue weighted by Gasteiger charge is 2.49. The van der Waals surface area contributed by atoms with Gasteiger partial charge in [-0.2, -0.15) is 0 Å². The van der Waals surface area contributed by atoms with Gasteiger partial charge in [-0.3, -0.25) is 15.1 Å². The van der Waals surface area contributed by atoms with Gasteiger partial charge in [0, 0.05) is 13.7 Å². The number of ether oxygens (including phenoxy) is 1. The molecule has 0 bridgehead atoms. The molecule has 0 spiro atoms. The largest absolute Gasteiger partial charge is 0.378 e. The van der Waals surface area contributed by atoms with Gasteiger partial charge in [0.1, 0.15) is 5.54 Å². The summed E-state index contributed by atoms with van der Waals surface area (Å²) in [4.78, 5) is 14.7. The van der Waals surface area contributed by atoms with Crippen LogP contribution in [0.1, 0.15) is 96.8 Å². The van der Waals surface area contributed by atoms with Gasteiger partial charge in [0.2, 0.25) is 0 Å². The van der Waals surface area contributed by atoms with Crippen molar-refractivity contribution in [2.75, 3.05) is 13.7 Å². The summed E-state index contributed by atoms with van der Waals surface area (Å²) < 4.78 is 6.12. The summed E-state index contributed by atoms with van der Waals surface area (Å²) in [6.07, 6.45) is 16.8.